The van der Waals surface area contributed by atoms with Crippen LogP contribution in [0.4, 0.5) is 18.9 Å². The minimum absolute atomic E-state index is 0.0334. The maximum absolute atomic E-state index is 14.6. The summed E-state index contributed by atoms with van der Waals surface area (Å²) >= 11 is 0. The molecular formula is C17H13F3N2O3. The summed E-state index contributed by atoms with van der Waals surface area (Å²) in [7, 11) is 1.14. The van der Waals surface area contributed by atoms with Crippen LogP contribution in [0.1, 0.15) is 11.1 Å². The zero-order chi connectivity index (χ0) is 18.4. The molecule has 0 bridgehead atoms. The topological polar surface area (TPSA) is 72.6 Å². The van der Waals surface area contributed by atoms with E-state index in [0.29, 0.717) is 0 Å². The third-order valence-electron chi connectivity index (χ3n) is 4.13. The molecule has 2 aromatic rings. The van der Waals surface area contributed by atoms with Gasteiger partial charge in [0.25, 0.3) is 5.91 Å². The quantitative estimate of drug-likeness (QED) is 0.914. The Morgan fingerprint density at radius 2 is 1.80 bits per heavy atom. The predicted molar refractivity (Wildman–Crippen MR) is 82.1 cm³/mol. The molecule has 0 fully saturated rings. The van der Waals surface area contributed by atoms with Gasteiger partial charge in [-0.05, 0) is 29.8 Å². The Bertz CT molecular complexity index is 870. The molecule has 1 heterocycles. The average Bonchev–Trinajstić information content (AvgIpc) is 2.81. The maximum Gasteiger partial charge on any atom is 0.269 e. The van der Waals surface area contributed by atoms with E-state index in [2.05, 4.69) is 0 Å². The number of hydrogen-bond acceptors (Lipinski definition) is 3. The molecule has 0 spiro atoms. The van der Waals surface area contributed by atoms with Gasteiger partial charge < -0.3 is 10.5 Å². The van der Waals surface area contributed by atoms with Crippen LogP contribution in [0.25, 0.3) is 0 Å². The number of nitrogens with zero attached hydrogens (tertiary/aromatic N) is 1. The van der Waals surface area contributed by atoms with E-state index >= 15 is 0 Å². The largest absolute Gasteiger partial charge is 0.368 e. The Labute approximate surface area is 140 Å². The Morgan fingerprint density at radius 3 is 2.36 bits per heavy atom. The molecule has 0 aliphatic carbocycles. The Morgan fingerprint density at radius 1 is 1.16 bits per heavy atom. The lowest BCUT2D eigenvalue weighted by atomic mass is 9.86. The van der Waals surface area contributed by atoms with Crippen LogP contribution in [-0.2, 0) is 19.9 Å². The van der Waals surface area contributed by atoms with Crippen molar-refractivity contribution >= 4 is 17.5 Å². The zero-order valence-electron chi connectivity index (χ0n) is 13.1. The van der Waals surface area contributed by atoms with Crippen molar-refractivity contribution in [3.05, 3.63) is 65.0 Å². The van der Waals surface area contributed by atoms with Crippen molar-refractivity contribution in [3.8, 4) is 0 Å². The number of ether oxygens (including phenoxy) is 1. The molecule has 1 unspecified atom stereocenters. The minimum atomic E-state index is -2.05. The molecule has 25 heavy (non-hydrogen) atoms. The fraction of sp³-hybridized carbons (Fsp3) is 0.176. The summed E-state index contributed by atoms with van der Waals surface area (Å²) in [6.07, 6.45) is 0. The molecule has 0 radical (unpaired) electrons. The molecule has 5 nitrogen and oxygen atoms in total. The van der Waals surface area contributed by atoms with Gasteiger partial charge in [-0.1, -0.05) is 12.1 Å². The standard InChI is InChI=1S/C17H13F3N2O3/c1-25-17(9-2-4-10(18)5-3-9)14-12(7-6-11(19)15(14)20)22(16(17)24)8-13(21)23/h2-7H,8H2,1H3,(H2,21,23). The first-order valence-electron chi connectivity index (χ1n) is 7.23. The van der Waals surface area contributed by atoms with Crippen molar-refractivity contribution in [3.63, 3.8) is 0 Å². The first-order chi connectivity index (χ1) is 11.8. The molecule has 2 aromatic carbocycles. The Kier molecular flexibility index (Phi) is 4.00. The van der Waals surface area contributed by atoms with E-state index in [4.69, 9.17) is 10.5 Å². The highest BCUT2D eigenvalue weighted by atomic mass is 19.2. The number of primary amides is 1. The Balaban J connectivity index is 2.33. The number of nitrogens with two attached hydrogens (primary N) is 1. The zero-order valence-corrected chi connectivity index (χ0v) is 13.1. The summed E-state index contributed by atoms with van der Waals surface area (Å²) in [5.74, 6) is -4.70. The molecule has 1 atom stereocenters. The summed E-state index contributed by atoms with van der Waals surface area (Å²) in [6, 6.07) is 6.61. The van der Waals surface area contributed by atoms with Gasteiger partial charge in [-0.3, -0.25) is 14.5 Å². The first kappa shape index (κ1) is 17.0. The second kappa shape index (κ2) is 5.89. The van der Waals surface area contributed by atoms with Gasteiger partial charge in [0.2, 0.25) is 11.5 Å². The molecule has 1 aliphatic heterocycles. The number of hydrogen-bond donors (Lipinski definition) is 1. The molecule has 2 N–H and O–H groups in total. The van der Waals surface area contributed by atoms with E-state index in [9.17, 15) is 22.8 Å². The summed E-state index contributed by atoms with van der Waals surface area (Å²) < 4.78 is 47.0. The van der Waals surface area contributed by atoms with Gasteiger partial charge in [0.15, 0.2) is 11.6 Å². The molecule has 3 rings (SSSR count). The van der Waals surface area contributed by atoms with Gasteiger partial charge >= 0.3 is 0 Å². The SMILES string of the molecule is COC1(c2ccc(F)cc2)C(=O)N(CC(N)=O)c2ccc(F)c(F)c21. The van der Waals surface area contributed by atoms with Crippen molar-refractivity contribution in [2.75, 3.05) is 18.6 Å². The van der Waals surface area contributed by atoms with E-state index in [1.54, 1.807) is 0 Å². The number of carbonyl (C=O) groups excluding carboxylic acids is 2. The monoisotopic (exact) mass is 350 g/mol. The second-order valence-corrected chi connectivity index (χ2v) is 5.51. The van der Waals surface area contributed by atoms with E-state index in [1.165, 1.54) is 18.2 Å². The van der Waals surface area contributed by atoms with Crippen LogP contribution in [0.5, 0.6) is 0 Å². The molecule has 1 aliphatic rings. The van der Waals surface area contributed by atoms with Gasteiger partial charge in [0.05, 0.1) is 11.3 Å². The van der Waals surface area contributed by atoms with Crippen LogP contribution in [-0.4, -0.2) is 25.5 Å². The predicted octanol–water partition coefficient (Wildman–Crippen LogP) is 1.83. The number of fused-ring (bicyclic) bond motifs is 1. The number of amides is 2. The van der Waals surface area contributed by atoms with Crippen LogP contribution >= 0.6 is 0 Å². The van der Waals surface area contributed by atoms with Crippen LogP contribution in [0, 0.1) is 17.5 Å². The number of rotatable bonds is 4. The number of benzene rings is 2. The Hall–Kier alpha value is -2.87. The van der Waals surface area contributed by atoms with Crippen LogP contribution in [0.3, 0.4) is 0 Å². The van der Waals surface area contributed by atoms with Crippen LogP contribution in [0.2, 0.25) is 0 Å². The van der Waals surface area contributed by atoms with Crippen molar-refractivity contribution in [1.82, 2.24) is 0 Å². The highest BCUT2D eigenvalue weighted by Gasteiger charge is 2.55. The lowest BCUT2D eigenvalue weighted by molar-refractivity contribution is -0.136. The smallest absolute Gasteiger partial charge is 0.269 e. The van der Waals surface area contributed by atoms with Gasteiger partial charge in [-0.25, -0.2) is 13.2 Å². The molecule has 8 heteroatoms. The van der Waals surface area contributed by atoms with Crippen molar-refractivity contribution < 1.29 is 27.5 Å². The molecular weight excluding hydrogens is 337 g/mol. The summed E-state index contributed by atoms with van der Waals surface area (Å²) in [5.41, 5.74) is 2.79. The summed E-state index contributed by atoms with van der Waals surface area (Å²) in [4.78, 5) is 25.2. The van der Waals surface area contributed by atoms with E-state index in [0.717, 1.165) is 30.2 Å². The highest BCUT2D eigenvalue weighted by Crippen LogP contribution is 2.48. The van der Waals surface area contributed by atoms with E-state index < -0.39 is 41.4 Å². The molecule has 0 saturated heterocycles. The molecule has 2 amide bonds. The lowest BCUT2D eigenvalue weighted by Crippen LogP contribution is -2.45. The van der Waals surface area contributed by atoms with E-state index in [1.807, 2.05) is 0 Å². The second-order valence-electron chi connectivity index (χ2n) is 5.51. The van der Waals surface area contributed by atoms with Crippen molar-refractivity contribution in [2.24, 2.45) is 5.73 Å². The number of anilines is 1. The van der Waals surface area contributed by atoms with Crippen LogP contribution in [0.15, 0.2) is 36.4 Å². The normalized spacial score (nSPS) is 19.2. The van der Waals surface area contributed by atoms with E-state index in [-0.39, 0.29) is 16.8 Å². The maximum atomic E-state index is 14.6. The van der Waals surface area contributed by atoms with Crippen molar-refractivity contribution in [2.45, 2.75) is 5.60 Å². The molecule has 0 saturated carbocycles. The van der Waals surface area contributed by atoms with Gasteiger partial charge in [0.1, 0.15) is 12.4 Å². The summed E-state index contributed by atoms with van der Waals surface area (Å²) in [5, 5.41) is 0. The van der Waals surface area contributed by atoms with Crippen molar-refractivity contribution in [1.29, 1.82) is 0 Å². The summed E-state index contributed by atoms with van der Waals surface area (Å²) in [6.45, 7) is -0.538. The number of halogens is 3. The fourth-order valence-electron chi connectivity index (χ4n) is 3.08. The minimum Gasteiger partial charge on any atom is -0.368 e. The number of carbonyl (C=O) groups is 2. The third kappa shape index (κ3) is 2.37. The average molecular weight is 350 g/mol. The first-order valence-corrected chi connectivity index (χ1v) is 7.23. The highest BCUT2D eigenvalue weighted by molar-refractivity contribution is 6.11. The van der Waals surface area contributed by atoms with Gasteiger partial charge in [-0.2, -0.15) is 0 Å². The lowest BCUT2D eigenvalue weighted by Gasteiger charge is -2.28. The van der Waals surface area contributed by atoms with Gasteiger partial charge in [0, 0.05) is 7.11 Å². The fourth-order valence-corrected chi connectivity index (χ4v) is 3.08. The van der Waals surface area contributed by atoms with Crippen LogP contribution < -0.4 is 10.6 Å². The molecule has 130 valence electrons. The molecule has 0 aromatic heterocycles. The number of methoxy groups -OCH3 is 1. The third-order valence-corrected chi connectivity index (χ3v) is 4.13. The van der Waals surface area contributed by atoms with Gasteiger partial charge in [-0.15, -0.1) is 0 Å².